The van der Waals surface area contributed by atoms with E-state index < -0.39 is 17.6 Å². The minimum atomic E-state index is -4.55. The van der Waals surface area contributed by atoms with Crippen LogP contribution in [0.1, 0.15) is 26.4 Å². The molecule has 0 atom stereocenters. The van der Waals surface area contributed by atoms with Crippen molar-refractivity contribution in [2.24, 2.45) is 0 Å². The van der Waals surface area contributed by atoms with E-state index in [1.807, 2.05) is 0 Å². The molecule has 0 spiro atoms. The van der Waals surface area contributed by atoms with Crippen molar-refractivity contribution in [2.75, 3.05) is 19.0 Å². The Kier molecular flexibility index (Phi) is 7.37. The first-order chi connectivity index (χ1) is 15.2. The Morgan fingerprint density at radius 2 is 2.00 bits per heavy atom. The minimum absolute atomic E-state index is 0.199. The molecular weight excluding hydrogens is 469 g/mol. The number of nitrogens with one attached hydrogen (secondary N) is 1. The molecule has 168 valence electrons. The second-order valence-corrected chi connectivity index (χ2v) is 8.01. The number of ether oxygens (including phenoxy) is 2. The van der Waals surface area contributed by atoms with Crippen molar-refractivity contribution in [1.29, 1.82) is 0 Å². The molecule has 0 aliphatic heterocycles. The highest BCUT2D eigenvalue weighted by atomic mass is 35.5. The second kappa shape index (κ2) is 10.0. The number of carbonyl (C=O) groups excluding carboxylic acids is 2. The van der Waals surface area contributed by atoms with Gasteiger partial charge in [0.05, 0.1) is 17.7 Å². The smallest absolute Gasteiger partial charge is 0.417 e. The van der Waals surface area contributed by atoms with Gasteiger partial charge in [-0.3, -0.25) is 14.9 Å². The van der Waals surface area contributed by atoms with Gasteiger partial charge in [-0.25, -0.2) is 4.98 Å². The first-order valence-electron chi connectivity index (χ1n) is 9.06. The van der Waals surface area contributed by atoms with Gasteiger partial charge in [0.2, 0.25) is 0 Å². The summed E-state index contributed by atoms with van der Waals surface area (Å²) >= 11 is 6.77. The van der Waals surface area contributed by atoms with Gasteiger partial charge in [0, 0.05) is 23.1 Å². The molecule has 0 fully saturated rings. The SMILES string of the molecule is COc1cc(C=O)ccc1OCC(=O)Nc1ncc(Cc2ccc(Cl)c(C(F)(F)F)c2)s1. The molecule has 3 rings (SSSR count). The van der Waals surface area contributed by atoms with E-state index in [0.717, 1.165) is 17.4 Å². The minimum Gasteiger partial charge on any atom is -0.493 e. The fraction of sp³-hybridized carbons (Fsp3) is 0.190. The summed E-state index contributed by atoms with van der Waals surface area (Å²) in [4.78, 5) is 27.7. The van der Waals surface area contributed by atoms with E-state index in [2.05, 4.69) is 10.3 Å². The van der Waals surface area contributed by atoms with Gasteiger partial charge < -0.3 is 9.47 Å². The Balaban J connectivity index is 1.60. The number of aromatic nitrogens is 1. The number of thiazole rings is 1. The molecule has 6 nitrogen and oxygen atoms in total. The Bertz CT molecular complexity index is 1130. The van der Waals surface area contributed by atoms with E-state index in [1.165, 1.54) is 43.6 Å². The van der Waals surface area contributed by atoms with Gasteiger partial charge in [-0.2, -0.15) is 13.2 Å². The molecular formula is C21H16ClF3N2O4S. The van der Waals surface area contributed by atoms with Crippen molar-refractivity contribution in [3.05, 3.63) is 69.2 Å². The molecule has 1 amide bonds. The maximum atomic E-state index is 13.0. The number of hydrogen-bond donors (Lipinski definition) is 1. The number of rotatable bonds is 8. The zero-order chi connectivity index (χ0) is 23.3. The van der Waals surface area contributed by atoms with Crippen molar-refractivity contribution < 1.29 is 32.2 Å². The van der Waals surface area contributed by atoms with Crippen molar-refractivity contribution in [2.45, 2.75) is 12.6 Å². The fourth-order valence-electron chi connectivity index (χ4n) is 2.72. The third-order valence-electron chi connectivity index (χ3n) is 4.20. The molecule has 3 aromatic rings. The predicted octanol–water partition coefficient (Wildman–Crippen LogP) is 5.24. The summed E-state index contributed by atoms with van der Waals surface area (Å²) in [7, 11) is 1.41. The summed E-state index contributed by atoms with van der Waals surface area (Å²) < 4.78 is 49.6. The van der Waals surface area contributed by atoms with E-state index in [-0.39, 0.29) is 28.9 Å². The second-order valence-electron chi connectivity index (χ2n) is 6.49. The normalized spacial score (nSPS) is 11.2. The number of nitrogens with zero attached hydrogens (tertiary/aromatic N) is 1. The summed E-state index contributed by atoms with van der Waals surface area (Å²) in [6, 6.07) is 8.23. The topological polar surface area (TPSA) is 77.5 Å². The lowest BCUT2D eigenvalue weighted by Crippen LogP contribution is -2.20. The number of aldehydes is 1. The van der Waals surface area contributed by atoms with Crippen LogP contribution >= 0.6 is 22.9 Å². The molecule has 0 aliphatic carbocycles. The van der Waals surface area contributed by atoms with Gasteiger partial charge in [0.25, 0.3) is 5.91 Å². The number of alkyl halides is 3. The Hall–Kier alpha value is -3.11. The molecule has 0 radical (unpaired) electrons. The number of hydrogen-bond acceptors (Lipinski definition) is 6. The average Bonchev–Trinajstić information content (AvgIpc) is 3.19. The van der Waals surface area contributed by atoms with E-state index in [1.54, 1.807) is 0 Å². The van der Waals surface area contributed by atoms with E-state index in [9.17, 15) is 22.8 Å². The molecule has 1 N–H and O–H groups in total. The highest BCUT2D eigenvalue weighted by Crippen LogP contribution is 2.36. The number of amides is 1. The number of halogens is 4. The third-order valence-corrected chi connectivity index (χ3v) is 5.44. The van der Waals surface area contributed by atoms with Crippen LogP contribution in [0.3, 0.4) is 0 Å². The molecule has 11 heteroatoms. The quantitative estimate of drug-likeness (QED) is 0.442. The van der Waals surface area contributed by atoms with E-state index in [4.69, 9.17) is 21.1 Å². The summed E-state index contributed by atoms with van der Waals surface area (Å²) in [6.07, 6.45) is -2.21. The lowest BCUT2D eigenvalue weighted by molar-refractivity contribution is -0.137. The number of carbonyl (C=O) groups is 2. The Morgan fingerprint density at radius 3 is 2.69 bits per heavy atom. The number of anilines is 1. The van der Waals surface area contributed by atoms with Gasteiger partial charge >= 0.3 is 6.18 Å². The first kappa shape index (κ1) is 23.6. The third kappa shape index (κ3) is 5.98. The number of methoxy groups -OCH3 is 1. The molecule has 0 saturated carbocycles. The van der Waals surface area contributed by atoms with Gasteiger partial charge in [-0.1, -0.05) is 17.7 Å². The van der Waals surface area contributed by atoms with Crippen LogP contribution in [0.15, 0.2) is 42.6 Å². The lowest BCUT2D eigenvalue weighted by atomic mass is 10.1. The average molecular weight is 485 g/mol. The largest absolute Gasteiger partial charge is 0.493 e. The standard InChI is InChI=1S/C21H16ClF3N2O4S/c1-30-18-8-13(10-28)3-5-17(18)31-11-19(29)27-20-26-9-14(32-20)6-12-2-4-16(22)15(7-12)21(23,24)25/h2-5,7-10H,6,11H2,1H3,(H,26,27,29). The molecule has 0 saturated heterocycles. The van der Waals surface area contributed by atoms with Crippen LogP contribution < -0.4 is 14.8 Å². The lowest BCUT2D eigenvalue weighted by Gasteiger charge is -2.10. The highest BCUT2D eigenvalue weighted by Gasteiger charge is 2.33. The van der Waals surface area contributed by atoms with Crippen LogP contribution in [0.25, 0.3) is 0 Å². The first-order valence-corrected chi connectivity index (χ1v) is 10.2. The Labute approximate surface area is 189 Å². The van der Waals surface area contributed by atoms with Crippen LogP contribution in [0, 0.1) is 0 Å². The molecule has 0 unspecified atom stereocenters. The van der Waals surface area contributed by atoms with E-state index in [0.29, 0.717) is 28.0 Å². The molecule has 0 aliphatic rings. The number of benzene rings is 2. The van der Waals surface area contributed by atoms with Crippen molar-refractivity contribution in [3.63, 3.8) is 0 Å². The summed E-state index contributed by atoms with van der Waals surface area (Å²) in [6.45, 7) is -0.335. The van der Waals surface area contributed by atoms with Gasteiger partial charge in [0.15, 0.2) is 23.2 Å². The van der Waals surface area contributed by atoms with Crippen LogP contribution in [0.4, 0.5) is 18.3 Å². The summed E-state index contributed by atoms with van der Waals surface area (Å²) in [5.74, 6) is 0.106. The molecule has 1 heterocycles. The molecule has 2 aromatic carbocycles. The highest BCUT2D eigenvalue weighted by molar-refractivity contribution is 7.15. The van der Waals surface area contributed by atoms with Gasteiger partial charge in [-0.15, -0.1) is 11.3 Å². The van der Waals surface area contributed by atoms with Crippen LogP contribution in [0.5, 0.6) is 11.5 Å². The zero-order valence-corrected chi connectivity index (χ0v) is 18.1. The van der Waals surface area contributed by atoms with Crippen molar-refractivity contribution in [1.82, 2.24) is 4.98 Å². The van der Waals surface area contributed by atoms with Gasteiger partial charge in [-0.05, 0) is 35.9 Å². The van der Waals surface area contributed by atoms with Gasteiger partial charge in [0.1, 0.15) is 6.29 Å². The van der Waals surface area contributed by atoms with Crippen molar-refractivity contribution >= 4 is 40.3 Å². The Morgan fingerprint density at radius 1 is 1.22 bits per heavy atom. The predicted molar refractivity (Wildman–Crippen MR) is 114 cm³/mol. The maximum absolute atomic E-state index is 13.0. The van der Waals surface area contributed by atoms with Crippen LogP contribution in [-0.2, 0) is 17.4 Å². The summed E-state index contributed by atoms with van der Waals surface area (Å²) in [5, 5.41) is 2.48. The molecule has 0 bridgehead atoms. The van der Waals surface area contributed by atoms with Crippen LogP contribution in [-0.4, -0.2) is 30.9 Å². The maximum Gasteiger partial charge on any atom is 0.417 e. The molecule has 1 aromatic heterocycles. The fourth-order valence-corrected chi connectivity index (χ4v) is 3.81. The zero-order valence-electron chi connectivity index (χ0n) is 16.5. The van der Waals surface area contributed by atoms with Crippen LogP contribution in [0.2, 0.25) is 5.02 Å². The molecule has 32 heavy (non-hydrogen) atoms. The monoisotopic (exact) mass is 484 g/mol. The van der Waals surface area contributed by atoms with E-state index >= 15 is 0 Å². The summed E-state index contributed by atoms with van der Waals surface area (Å²) in [5.41, 5.74) is -0.0853. The van der Waals surface area contributed by atoms with Crippen molar-refractivity contribution in [3.8, 4) is 11.5 Å².